The lowest BCUT2D eigenvalue weighted by molar-refractivity contribution is 0.0751. The largest absolute Gasteiger partial charge is 0.380 e. The van der Waals surface area contributed by atoms with Gasteiger partial charge in [-0.25, -0.2) is 9.37 Å². The second kappa shape index (κ2) is 6.36. The van der Waals surface area contributed by atoms with Crippen LogP contribution >= 0.6 is 11.3 Å². The van der Waals surface area contributed by atoms with Crippen LogP contribution in [0.25, 0.3) is 10.6 Å². The number of anilines is 1. The molecule has 1 fully saturated rings. The standard InChI is InChI=1S/C17H19FN4O2S/c1-8-2-3-12(25-8)15-13-9(6-20-17(13)23)14(18)16(22-15)21-11-4-5-24-7-10(11)19/h2-3,10-11H,4-7,19H2,1H3,(H,20,23)(H,21,22). The minimum atomic E-state index is -0.482. The van der Waals surface area contributed by atoms with Crippen molar-refractivity contribution in [1.82, 2.24) is 10.3 Å². The Hall–Kier alpha value is -2.03. The maximum Gasteiger partial charge on any atom is 0.254 e. The van der Waals surface area contributed by atoms with Crippen LogP contribution in [0.5, 0.6) is 0 Å². The zero-order valence-electron chi connectivity index (χ0n) is 13.8. The van der Waals surface area contributed by atoms with Gasteiger partial charge in [0.25, 0.3) is 5.91 Å². The van der Waals surface area contributed by atoms with Crippen LogP contribution in [-0.2, 0) is 11.3 Å². The number of halogens is 1. The van der Waals surface area contributed by atoms with Gasteiger partial charge in [0, 0.05) is 35.7 Å². The number of aryl methyl sites for hydroxylation is 1. The molecule has 0 aromatic carbocycles. The highest BCUT2D eigenvalue weighted by atomic mass is 32.1. The van der Waals surface area contributed by atoms with E-state index < -0.39 is 5.82 Å². The third-order valence-electron chi connectivity index (χ3n) is 4.58. The van der Waals surface area contributed by atoms with Crippen LogP contribution in [0.15, 0.2) is 12.1 Å². The quantitative estimate of drug-likeness (QED) is 0.777. The van der Waals surface area contributed by atoms with E-state index in [0.29, 0.717) is 36.5 Å². The number of aromatic nitrogens is 1. The number of nitrogens with two attached hydrogens (primary N) is 1. The number of ether oxygens (including phenoxy) is 1. The minimum Gasteiger partial charge on any atom is -0.380 e. The number of rotatable bonds is 3. The predicted octanol–water partition coefficient (Wildman–Crippen LogP) is 2.03. The fourth-order valence-corrected chi connectivity index (χ4v) is 4.09. The van der Waals surface area contributed by atoms with Crippen LogP contribution in [0, 0.1) is 12.7 Å². The van der Waals surface area contributed by atoms with E-state index in [1.54, 1.807) is 0 Å². The van der Waals surface area contributed by atoms with Crippen molar-refractivity contribution >= 4 is 23.1 Å². The molecule has 1 saturated heterocycles. The van der Waals surface area contributed by atoms with Gasteiger partial charge < -0.3 is 21.1 Å². The van der Waals surface area contributed by atoms with Gasteiger partial charge in [-0.1, -0.05) is 0 Å². The van der Waals surface area contributed by atoms with Crippen LogP contribution in [0.2, 0.25) is 0 Å². The maximum absolute atomic E-state index is 14.9. The van der Waals surface area contributed by atoms with Crippen LogP contribution in [0.4, 0.5) is 10.2 Å². The summed E-state index contributed by atoms with van der Waals surface area (Å²) in [5.41, 5.74) is 7.28. The van der Waals surface area contributed by atoms with E-state index >= 15 is 0 Å². The molecule has 2 aliphatic rings. The van der Waals surface area contributed by atoms with Crippen molar-refractivity contribution in [2.45, 2.75) is 32.0 Å². The molecule has 8 heteroatoms. The molecular formula is C17H19FN4O2S. The number of thiophene rings is 1. The molecule has 0 bridgehead atoms. The highest BCUT2D eigenvalue weighted by Gasteiger charge is 2.32. The van der Waals surface area contributed by atoms with Gasteiger partial charge in [-0.2, -0.15) is 0 Å². The normalized spacial score (nSPS) is 22.6. The fraction of sp³-hybridized carbons (Fsp3) is 0.412. The van der Waals surface area contributed by atoms with E-state index in [0.717, 1.165) is 9.75 Å². The number of carbonyl (C=O) groups excluding carboxylic acids is 1. The van der Waals surface area contributed by atoms with Gasteiger partial charge in [0.2, 0.25) is 0 Å². The van der Waals surface area contributed by atoms with E-state index in [-0.39, 0.29) is 30.4 Å². The fourth-order valence-electron chi connectivity index (χ4n) is 3.23. The lowest BCUT2D eigenvalue weighted by Gasteiger charge is -2.30. The Kier molecular flexibility index (Phi) is 4.18. The zero-order valence-corrected chi connectivity index (χ0v) is 14.6. The summed E-state index contributed by atoms with van der Waals surface area (Å²) in [6.07, 6.45) is 0.685. The number of pyridine rings is 1. The van der Waals surface area contributed by atoms with E-state index in [1.165, 1.54) is 11.3 Å². The Bertz CT molecular complexity index is 838. The summed E-state index contributed by atoms with van der Waals surface area (Å²) in [6.45, 7) is 3.17. The van der Waals surface area contributed by atoms with E-state index in [2.05, 4.69) is 15.6 Å². The first kappa shape index (κ1) is 16.4. The molecule has 0 spiro atoms. The molecule has 0 saturated carbocycles. The van der Waals surface area contributed by atoms with Crippen molar-refractivity contribution in [3.63, 3.8) is 0 Å². The molecule has 4 rings (SSSR count). The predicted molar refractivity (Wildman–Crippen MR) is 94.2 cm³/mol. The molecule has 4 heterocycles. The summed E-state index contributed by atoms with van der Waals surface area (Å²) in [5, 5.41) is 5.83. The van der Waals surface area contributed by atoms with Crippen molar-refractivity contribution in [2.75, 3.05) is 18.5 Å². The Morgan fingerprint density at radius 1 is 1.48 bits per heavy atom. The molecule has 0 radical (unpaired) electrons. The molecule has 2 aromatic heterocycles. The van der Waals surface area contributed by atoms with Gasteiger partial charge in [0.15, 0.2) is 11.6 Å². The van der Waals surface area contributed by atoms with Gasteiger partial charge in [0.1, 0.15) is 0 Å². The lowest BCUT2D eigenvalue weighted by Crippen LogP contribution is -2.48. The molecule has 0 aliphatic carbocycles. The summed E-state index contributed by atoms with van der Waals surface area (Å²) in [4.78, 5) is 18.6. The summed E-state index contributed by atoms with van der Waals surface area (Å²) in [6, 6.07) is 3.54. The average molecular weight is 362 g/mol. The molecule has 25 heavy (non-hydrogen) atoms. The summed E-state index contributed by atoms with van der Waals surface area (Å²) >= 11 is 1.53. The molecule has 2 aliphatic heterocycles. The molecule has 4 N–H and O–H groups in total. The van der Waals surface area contributed by atoms with Crippen LogP contribution in [0.3, 0.4) is 0 Å². The molecule has 2 atom stereocenters. The van der Waals surface area contributed by atoms with Crippen LogP contribution < -0.4 is 16.4 Å². The molecule has 6 nitrogen and oxygen atoms in total. The highest BCUT2D eigenvalue weighted by Crippen LogP contribution is 2.36. The molecule has 132 valence electrons. The van der Waals surface area contributed by atoms with Gasteiger partial charge in [0.05, 0.1) is 22.7 Å². The number of carbonyl (C=O) groups is 1. The minimum absolute atomic E-state index is 0.114. The van der Waals surface area contributed by atoms with E-state index in [4.69, 9.17) is 10.5 Å². The van der Waals surface area contributed by atoms with E-state index in [9.17, 15) is 9.18 Å². The molecule has 2 aromatic rings. The SMILES string of the molecule is Cc1ccc(-c2nc(NC3CCOCC3N)c(F)c3c2C(=O)NC3)s1. The highest BCUT2D eigenvalue weighted by molar-refractivity contribution is 7.15. The summed E-state index contributed by atoms with van der Waals surface area (Å²) in [5.74, 6) is -0.612. The maximum atomic E-state index is 14.9. The monoisotopic (exact) mass is 362 g/mol. The van der Waals surface area contributed by atoms with Crippen molar-refractivity contribution in [3.05, 3.63) is 34.0 Å². The number of hydrogen-bond acceptors (Lipinski definition) is 6. The topological polar surface area (TPSA) is 89.3 Å². The second-order valence-corrected chi connectivity index (χ2v) is 7.64. The van der Waals surface area contributed by atoms with Gasteiger partial charge >= 0.3 is 0 Å². The number of hydrogen-bond donors (Lipinski definition) is 3. The molecular weight excluding hydrogens is 343 g/mol. The Morgan fingerprint density at radius 3 is 3.04 bits per heavy atom. The number of fused-ring (bicyclic) bond motifs is 1. The Balaban J connectivity index is 1.79. The summed E-state index contributed by atoms with van der Waals surface area (Å²) < 4.78 is 20.3. The second-order valence-electron chi connectivity index (χ2n) is 6.35. The van der Waals surface area contributed by atoms with Crippen molar-refractivity contribution in [3.8, 4) is 10.6 Å². The number of amides is 1. The summed E-state index contributed by atoms with van der Waals surface area (Å²) in [7, 11) is 0. The van der Waals surface area contributed by atoms with Crippen molar-refractivity contribution < 1.29 is 13.9 Å². The van der Waals surface area contributed by atoms with Crippen molar-refractivity contribution in [2.24, 2.45) is 5.73 Å². The van der Waals surface area contributed by atoms with Gasteiger partial charge in [-0.3, -0.25) is 4.79 Å². The molecule has 1 amide bonds. The number of nitrogens with one attached hydrogen (secondary N) is 2. The number of nitrogens with zero attached hydrogens (tertiary/aromatic N) is 1. The first-order valence-corrected chi connectivity index (χ1v) is 9.03. The van der Waals surface area contributed by atoms with Gasteiger partial charge in [-0.05, 0) is 25.5 Å². The average Bonchev–Trinajstić information content (AvgIpc) is 3.19. The Labute approximate surface area is 148 Å². The van der Waals surface area contributed by atoms with Gasteiger partial charge in [-0.15, -0.1) is 11.3 Å². The Morgan fingerprint density at radius 2 is 2.32 bits per heavy atom. The first-order valence-electron chi connectivity index (χ1n) is 8.22. The zero-order chi connectivity index (χ0) is 17.6. The first-order chi connectivity index (χ1) is 12.0. The van der Waals surface area contributed by atoms with Crippen LogP contribution in [-0.4, -0.2) is 36.2 Å². The van der Waals surface area contributed by atoms with E-state index in [1.807, 2.05) is 19.1 Å². The lowest BCUT2D eigenvalue weighted by atomic mass is 10.0. The smallest absolute Gasteiger partial charge is 0.254 e. The van der Waals surface area contributed by atoms with Crippen molar-refractivity contribution in [1.29, 1.82) is 0 Å². The third-order valence-corrected chi connectivity index (χ3v) is 5.59. The van der Waals surface area contributed by atoms with Crippen LogP contribution in [0.1, 0.15) is 27.2 Å². The molecule has 2 unspecified atom stereocenters. The third kappa shape index (κ3) is 2.90.